The van der Waals surface area contributed by atoms with Crippen LogP contribution in [-0.4, -0.2) is 5.91 Å². The first-order valence-electron chi connectivity index (χ1n) is 5.23. The maximum Gasteiger partial charge on any atom is 0.227 e. The highest BCUT2D eigenvalue weighted by molar-refractivity contribution is 14.1. The van der Waals surface area contributed by atoms with Crippen LogP contribution in [-0.2, 0) is 4.79 Å². The van der Waals surface area contributed by atoms with Gasteiger partial charge in [0.1, 0.15) is 0 Å². The Morgan fingerprint density at radius 1 is 1.27 bits per heavy atom. The van der Waals surface area contributed by atoms with Crippen molar-refractivity contribution in [2.75, 3.05) is 5.32 Å². The Balaban J connectivity index is 2.61. The third-order valence-electron chi connectivity index (χ3n) is 2.47. The summed E-state index contributed by atoms with van der Waals surface area (Å²) < 4.78 is 1.17. The molecule has 0 bridgehead atoms. The second-order valence-electron chi connectivity index (χ2n) is 3.51. The van der Waals surface area contributed by atoms with E-state index in [2.05, 4.69) is 27.9 Å². The molecule has 3 heteroatoms. The molecule has 0 saturated carbocycles. The number of anilines is 1. The second kappa shape index (κ2) is 6.10. The first-order valence-corrected chi connectivity index (χ1v) is 6.31. The van der Waals surface area contributed by atoms with Gasteiger partial charge in [0.05, 0.1) is 0 Å². The maximum atomic E-state index is 11.7. The molecule has 1 rings (SSSR count). The summed E-state index contributed by atoms with van der Waals surface area (Å²) in [6.45, 7) is 4.09. The monoisotopic (exact) mass is 317 g/mol. The van der Waals surface area contributed by atoms with Crippen molar-refractivity contribution in [3.05, 3.63) is 27.8 Å². The van der Waals surface area contributed by atoms with Crippen LogP contribution < -0.4 is 5.32 Å². The zero-order chi connectivity index (χ0) is 11.3. The summed E-state index contributed by atoms with van der Waals surface area (Å²) in [5.41, 5.74) is 0.882. The molecule has 0 unspecified atom stereocenters. The first-order chi connectivity index (χ1) is 7.17. The lowest BCUT2D eigenvalue weighted by Gasteiger charge is -2.12. The highest BCUT2D eigenvalue weighted by Crippen LogP contribution is 2.14. The molecule has 1 aromatic carbocycles. The van der Waals surface area contributed by atoms with E-state index in [0.29, 0.717) is 0 Å². The number of benzene rings is 1. The number of carbonyl (C=O) groups excluding carboxylic acids is 1. The largest absolute Gasteiger partial charge is 0.326 e. The Hall–Kier alpha value is -0.580. The molecular formula is C12H16INO. The zero-order valence-electron chi connectivity index (χ0n) is 9.09. The van der Waals surface area contributed by atoms with Crippen molar-refractivity contribution in [2.24, 2.45) is 5.92 Å². The summed E-state index contributed by atoms with van der Waals surface area (Å²) >= 11 is 2.25. The predicted octanol–water partition coefficient (Wildman–Crippen LogP) is 3.67. The molecule has 0 aliphatic carbocycles. The fraction of sp³-hybridized carbons (Fsp3) is 0.417. The van der Waals surface area contributed by atoms with Gasteiger partial charge in [-0.1, -0.05) is 13.8 Å². The van der Waals surface area contributed by atoms with Gasteiger partial charge in [-0.05, 0) is 59.7 Å². The minimum absolute atomic E-state index is 0.126. The van der Waals surface area contributed by atoms with E-state index in [9.17, 15) is 4.79 Å². The molecule has 0 aromatic heterocycles. The van der Waals surface area contributed by atoms with Crippen molar-refractivity contribution in [2.45, 2.75) is 26.7 Å². The van der Waals surface area contributed by atoms with Crippen LogP contribution in [0.2, 0.25) is 0 Å². The molecule has 0 atom stereocenters. The van der Waals surface area contributed by atoms with Crippen molar-refractivity contribution < 1.29 is 4.79 Å². The van der Waals surface area contributed by atoms with E-state index in [1.807, 2.05) is 38.1 Å². The molecule has 1 N–H and O–H groups in total. The Labute approximate surface area is 105 Å². The normalized spacial score (nSPS) is 10.4. The van der Waals surface area contributed by atoms with Gasteiger partial charge in [0.2, 0.25) is 5.91 Å². The van der Waals surface area contributed by atoms with Crippen molar-refractivity contribution in [1.82, 2.24) is 0 Å². The molecule has 0 heterocycles. The molecule has 2 nitrogen and oxygen atoms in total. The predicted molar refractivity (Wildman–Crippen MR) is 71.9 cm³/mol. The summed E-state index contributed by atoms with van der Waals surface area (Å²) in [5, 5.41) is 2.93. The van der Waals surface area contributed by atoms with Crippen LogP contribution in [0.15, 0.2) is 24.3 Å². The smallest absolute Gasteiger partial charge is 0.227 e. The number of hydrogen-bond acceptors (Lipinski definition) is 1. The van der Waals surface area contributed by atoms with Crippen molar-refractivity contribution in [3.63, 3.8) is 0 Å². The van der Waals surface area contributed by atoms with Gasteiger partial charge in [-0.3, -0.25) is 4.79 Å². The maximum absolute atomic E-state index is 11.7. The minimum Gasteiger partial charge on any atom is -0.326 e. The van der Waals surface area contributed by atoms with Crippen LogP contribution in [0.4, 0.5) is 5.69 Å². The van der Waals surface area contributed by atoms with Gasteiger partial charge in [-0.2, -0.15) is 0 Å². The van der Waals surface area contributed by atoms with Crippen LogP contribution in [0.1, 0.15) is 26.7 Å². The van der Waals surface area contributed by atoms with Gasteiger partial charge < -0.3 is 5.32 Å². The van der Waals surface area contributed by atoms with Crippen LogP contribution in [0.3, 0.4) is 0 Å². The van der Waals surface area contributed by atoms with E-state index in [1.165, 1.54) is 3.57 Å². The number of rotatable bonds is 4. The van der Waals surface area contributed by atoms with E-state index in [4.69, 9.17) is 0 Å². The summed E-state index contributed by atoms with van der Waals surface area (Å²) in [4.78, 5) is 11.7. The Morgan fingerprint density at radius 2 is 1.80 bits per heavy atom. The van der Waals surface area contributed by atoms with Crippen molar-refractivity contribution in [3.8, 4) is 0 Å². The highest BCUT2D eigenvalue weighted by Gasteiger charge is 2.13. The molecule has 1 aromatic rings. The van der Waals surface area contributed by atoms with E-state index in [-0.39, 0.29) is 11.8 Å². The Kier molecular flexibility index (Phi) is 5.08. The minimum atomic E-state index is 0.126. The average Bonchev–Trinajstić information content (AvgIpc) is 2.23. The number of nitrogens with one attached hydrogen (secondary N) is 1. The highest BCUT2D eigenvalue weighted by atomic mass is 127. The lowest BCUT2D eigenvalue weighted by Crippen LogP contribution is -2.21. The molecular weight excluding hydrogens is 301 g/mol. The SMILES string of the molecule is CCC(CC)C(=O)Nc1ccc(I)cc1. The van der Waals surface area contributed by atoms with E-state index >= 15 is 0 Å². The van der Waals surface area contributed by atoms with Gasteiger partial charge in [-0.25, -0.2) is 0 Å². The molecule has 0 fully saturated rings. The van der Waals surface area contributed by atoms with Gasteiger partial charge >= 0.3 is 0 Å². The lowest BCUT2D eigenvalue weighted by molar-refractivity contribution is -0.120. The third-order valence-corrected chi connectivity index (χ3v) is 3.19. The molecule has 1 amide bonds. The van der Waals surface area contributed by atoms with Crippen LogP contribution in [0.5, 0.6) is 0 Å². The van der Waals surface area contributed by atoms with Crippen LogP contribution >= 0.6 is 22.6 Å². The first kappa shape index (κ1) is 12.5. The molecule has 0 spiro atoms. The molecule has 0 aliphatic heterocycles. The van der Waals surface area contributed by atoms with Crippen molar-refractivity contribution >= 4 is 34.2 Å². The average molecular weight is 317 g/mol. The summed E-state index contributed by atoms with van der Waals surface area (Å²) in [6, 6.07) is 7.84. The molecule has 0 saturated heterocycles. The molecule has 82 valence electrons. The van der Waals surface area contributed by atoms with E-state index in [0.717, 1.165) is 18.5 Å². The summed E-state index contributed by atoms with van der Waals surface area (Å²) in [5.74, 6) is 0.255. The summed E-state index contributed by atoms with van der Waals surface area (Å²) in [7, 11) is 0. The number of carbonyl (C=O) groups is 1. The van der Waals surface area contributed by atoms with Crippen LogP contribution in [0, 0.1) is 9.49 Å². The molecule has 0 radical (unpaired) electrons. The quantitative estimate of drug-likeness (QED) is 0.844. The number of halogens is 1. The van der Waals surface area contributed by atoms with Gasteiger partial charge in [0, 0.05) is 15.2 Å². The molecule has 15 heavy (non-hydrogen) atoms. The van der Waals surface area contributed by atoms with Gasteiger partial charge in [0.25, 0.3) is 0 Å². The Morgan fingerprint density at radius 3 is 2.27 bits per heavy atom. The lowest BCUT2D eigenvalue weighted by atomic mass is 10.0. The topological polar surface area (TPSA) is 29.1 Å². The van der Waals surface area contributed by atoms with Crippen LogP contribution in [0.25, 0.3) is 0 Å². The standard InChI is InChI=1S/C12H16INO/c1-3-9(4-2)12(15)14-11-7-5-10(13)6-8-11/h5-9H,3-4H2,1-2H3,(H,14,15). The zero-order valence-corrected chi connectivity index (χ0v) is 11.2. The number of amides is 1. The van der Waals surface area contributed by atoms with Gasteiger partial charge in [-0.15, -0.1) is 0 Å². The van der Waals surface area contributed by atoms with E-state index < -0.39 is 0 Å². The van der Waals surface area contributed by atoms with E-state index in [1.54, 1.807) is 0 Å². The van der Waals surface area contributed by atoms with Gasteiger partial charge in [0.15, 0.2) is 0 Å². The second-order valence-corrected chi connectivity index (χ2v) is 4.76. The Bertz CT molecular complexity index is 317. The fourth-order valence-corrected chi connectivity index (χ4v) is 1.80. The molecule has 0 aliphatic rings. The van der Waals surface area contributed by atoms with Crippen molar-refractivity contribution in [1.29, 1.82) is 0 Å². The number of hydrogen-bond donors (Lipinski definition) is 1. The fourth-order valence-electron chi connectivity index (χ4n) is 1.44. The summed E-state index contributed by atoms with van der Waals surface area (Å²) in [6.07, 6.45) is 1.79. The third kappa shape index (κ3) is 3.81.